The Morgan fingerprint density at radius 3 is 2.73 bits per heavy atom. The Labute approximate surface area is 92.2 Å². The number of nitrogens with one attached hydrogen (secondary N) is 1. The zero-order chi connectivity index (χ0) is 10.8. The largest absolute Gasteiger partial charge is 0.341 e. The summed E-state index contributed by atoms with van der Waals surface area (Å²) in [5.74, 6) is 1.36. The van der Waals surface area contributed by atoms with Crippen molar-refractivity contribution in [1.29, 1.82) is 0 Å². The number of carbonyl (C=O) groups excluding carboxylic acids is 1. The maximum Gasteiger partial charge on any atom is 0.225 e. The standard InChI is InChI=1S/C12H22N2O/c1-3-9(4-2)12(15)14-7-10-5-6-13-11(10)8-14/h9-11,13H,3-8H2,1-2H3. The number of rotatable bonds is 3. The molecule has 2 heterocycles. The Hall–Kier alpha value is -0.570. The van der Waals surface area contributed by atoms with Crippen molar-refractivity contribution in [2.45, 2.75) is 39.2 Å². The molecule has 1 N–H and O–H groups in total. The summed E-state index contributed by atoms with van der Waals surface area (Å²) in [6, 6.07) is 0.586. The number of carbonyl (C=O) groups is 1. The van der Waals surface area contributed by atoms with Gasteiger partial charge in [-0.25, -0.2) is 0 Å². The van der Waals surface area contributed by atoms with E-state index in [0.717, 1.165) is 38.4 Å². The van der Waals surface area contributed by atoms with Crippen molar-refractivity contribution in [3.63, 3.8) is 0 Å². The monoisotopic (exact) mass is 210 g/mol. The van der Waals surface area contributed by atoms with E-state index in [1.54, 1.807) is 0 Å². The van der Waals surface area contributed by atoms with Crippen LogP contribution in [0.5, 0.6) is 0 Å². The molecule has 2 aliphatic rings. The number of nitrogens with zero attached hydrogens (tertiary/aromatic N) is 1. The average molecular weight is 210 g/mol. The fourth-order valence-electron chi connectivity index (χ4n) is 2.93. The Kier molecular flexibility index (Phi) is 3.29. The van der Waals surface area contributed by atoms with Crippen LogP contribution < -0.4 is 5.32 Å². The number of likely N-dealkylation sites (tertiary alicyclic amines) is 1. The third-order valence-corrected chi connectivity index (χ3v) is 4.01. The molecule has 0 aromatic carbocycles. The summed E-state index contributed by atoms with van der Waals surface area (Å²) < 4.78 is 0. The van der Waals surface area contributed by atoms with Gasteiger partial charge in [-0.1, -0.05) is 13.8 Å². The zero-order valence-electron chi connectivity index (χ0n) is 9.83. The van der Waals surface area contributed by atoms with Crippen LogP contribution in [-0.2, 0) is 4.79 Å². The zero-order valence-corrected chi connectivity index (χ0v) is 9.83. The summed E-state index contributed by atoms with van der Waals surface area (Å²) in [6.07, 6.45) is 3.21. The van der Waals surface area contributed by atoms with Crippen molar-refractivity contribution >= 4 is 5.91 Å². The summed E-state index contributed by atoms with van der Waals surface area (Å²) in [6.45, 7) is 7.30. The van der Waals surface area contributed by atoms with Crippen molar-refractivity contribution in [2.24, 2.45) is 11.8 Å². The molecule has 0 bridgehead atoms. The first-order valence-corrected chi connectivity index (χ1v) is 6.28. The fraction of sp³-hybridized carbons (Fsp3) is 0.917. The predicted octanol–water partition coefficient (Wildman–Crippen LogP) is 1.24. The van der Waals surface area contributed by atoms with E-state index in [0.29, 0.717) is 11.9 Å². The molecule has 0 aliphatic carbocycles. The van der Waals surface area contributed by atoms with Gasteiger partial charge in [-0.3, -0.25) is 4.79 Å². The lowest BCUT2D eigenvalue weighted by molar-refractivity contribution is -0.134. The Morgan fingerprint density at radius 1 is 1.40 bits per heavy atom. The van der Waals surface area contributed by atoms with Crippen molar-refractivity contribution in [1.82, 2.24) is 10.2 Å². The SMILES string of the molecule is CCC(CC)C(=O)N1CC2CCNC2C1. The molecule has 86 valence electrons. The lowest BCUT2D eigenvalue weighted by Crippen LogP contribution is -2.37. The van der Waals surface area contributed by atoms with E-state index in [4.69, 9.17) is 0 Å². The van der Waals surface area contributed by atoms with E-state index in [2.05, 4.69) is 24.1 Å². The van der Waals surface area contributed by atoms with Crippen LogP contribution in [0.25, 0.3) is 0 Å². The van der Waals surface area contributed by atoms with Gasteiger partial charge in [0.1, 0.15) is 0 Å². The second kappa shape index (κ2) is 4.52. The molecule has 2 aliphatic heterocycles. The van der Waals surface area contributed by atoms with Crippen LogP contribution in [0, 0.1) is 11.8 Å². The molecule has 1 amide bonds. The summed E-state index contributed by atoms with van der Waals surface area (Å²) in [5.41, 5.74) is 0. The normalized spacial score (nSPS) is 29.9. The second-order valence-electron chi connectivity index (χ2n) is 4.87. The topological polar surface area (TPSA) is 32.3 Å². The first kappa shape index (κ1) is 10.9. The smallest absolute Gasteiger partial charge is 0.225 e. The summed E-state index contributed by atoms with van der Waals surface area (Å²) >= 11 is 0. The van der Waals surface area contributed by atoms with Crippen molar-refractivity contribution < 1.29 is 4.79 Å². The molecule has 2 unspecified atom stereocenters. The summed E-state index contributed by atoms with van der Waals surface area (Å²) in [5, 5.41) is 3.48. The minimum atomic E-state index is 0.254. The number of amides is 1. The molecule has 15 heavy (non-hydrogen) atoms. The van der Waals surface area contributed by atoms with E-state index in [1.165, 1.54) is 6.42 Å². The van der Waals surface area contributed by atoms with Crippen LogP contribution in [0.15, 0.2) is 0 Å². The summed E-state index contributed by atoms with van der Waals surface area (Å²) in [7, 11) is 0. The first-order chi connectivity index (χ1) is 7.26. The van der Waals surface area contributed by atoms with Gasteiger partial charge in [0.2, 0.25) is 5.91 Å². The molecule has 3 nitrogen and oxygen atoms in total. The highest BCUT2D eigenvalue weighted by Gasteiger charge is 2.38. The molecule has 2 rings (SSSR count). The molecule has 3 heteroatoms. The van der Waals surface area contributed by atoms with Gasteiger partial charge in [-0.15, -0.1) is 0 Å². The number of fused-ring (bicyclic) bond motifs is 1. The molecule has 0 radical (unpaired) electrons. The van der Waals surface area contributed by atoms with Crippen LogP contribution in [0.3, 0.4) is 0 Å². The number of hydrogen-bond donors (Lipinski definition) is 1. The highest BCUT2D eigenvalue weighted by atomic mass is 16.2. The molecule has 2 atom stereocenters. The van der Waals surface area contributed by atoms with Gasteiger partial charge in [0.15, 0.2) is 0 Å². The maximum atomic E-state index is 12.1. The van der Waals surface area contributed by atoms with Crippen LogP contribution in [0.1, 0.15) is 33.1 Å². The Bertz CT molecular complexity index is 226. The third-order valence-electron chi connectivity index (χ3n) is 4.01. The van der Waals surface area contributed by atoms with Gasteiger partial charge >= 0.3 is 0 Å². The van der Waals surface area contributed by atoms with Gasteiger partial charge in [0.05, 0.1) is 0 Å². The molecule has 0 aromatic rings. The quantitative estimate of drug-likeness (QED) is 0.760. The van der Waals surface area contributed by atoms with Gasteiger partial charge < -0.3 is 10.2 Å². The van der Waals surface area contributed by atoms with E-state index in [9.17, 15) is 4.79 Å². The predicted molar refractivity (Wildman–Crippen MR) is 60.5 cm³/mol. The molecular weight excluding hydrogens is 188 g/mol. The third kappa shape index (κ3) is 2.03. The van der Waals surface area contributed by atoms with Crippen LogP contribution in [0.2, 0.25) is 0 Å². The lowest BCUT2D eigenvalue weighted by atomic mass is 10.0. The fourth-order valence-corrected chi connectivity index (χ4v) is 2.93. The summed E-state index contributed by atoms with van der Waals surface area (Å²) in [4.78, 5) is 14.2. The van der Waals surface area contributed by atoms with E-state index in [-0.39, 0.29) is 5.92 Å². The number of hydrogen-bond acceptors (Lipinski definition) is 2. The minimum absolute atomic E-state index is 0.254. The van der Waals surface area contributed by atoms with Crippen molar-refractivity contribution in [2.75, 3.05) is 19.6 Å². The van der Waals surface area contributed by atoms with Gasteiger partial charge in [0.25, 0.3) is 0 Å². The highest BCUT2D eigenvalue weighted by Crippen LogP contribution is 2.26. The molecule has 2 fully saturated rings. The lowest BCUT2D eigenvalue weighted by Gasteiger charge is -2.22. The highest BCUT2D eigenvalue weighted by molar-refractivity contribution is 5.79. The van der Waals surface area contributed by atoms with Crippen LogP contribution in [-0.4, -0.2) is 36.5 Å². The van der Waals surface area contributed by atoms with Gasteiger partial charge in [0, 0.05) is 25.0 Å². The average Bonchev–Trinajstić information content (AvgIpc) is 2.78. The van der Waals surface area contributed by atoms with E-state index in [1.807, 2.05) is 0 Å². The molecule has 0 saturated carbocycles. The molecule has 0 aromatic heterocycles. The van der Waals surface area contributed by atoms with Crippen molar-refractivity contribution in [3.8, 4) is 0 Å². The van der Waals surface area contributed by atoms with Gasteiger partial charge in [-0.05, 0) is 31.7 Å². The minimum Gasteiger partial charge on any atom is -0.341 e. The van der Waals surface area contributed by atoms with E-state index >= 15 is 0 Å². The second-order valence-corrected chi connectivity index (χ2v) is 4.87. The molecule has 2 saturated heterocycles. The van der Waals surface area contributed by atoms with Crippen LogP contribution >= 0.6 is 0 Å². The van der Waals surface area contributed by atoms with Gasteiger partial charge in [-0.2, -0.15) is 0 Å². The molecular formula is C12H22N2O. The first-order valence-electron chi connectivity index (χ1n) is 6.28. The maximum absolute atomic E-state index is 12.1. The Morgan fingerprint density at radius 2 is 2.13 bits per heavy atom. The van der Waals surface area contributed by atoms with E-state index < -0.39 is 0 Å². The van der Waals surface area contributed by atoms with Crippen molar-refractivity contribution in [3.05, 3.63) is 0 Å². The molecule has 0 spiro atoms. The Balaban J connectivity index is 1.92. The van der Waals surface area contributed by atoms with Crippen LogP contribution in [0.4, 0.5) is 0 Å².